The Morgan fingerprint density at radius 2 is 1.39 bits per heavy atom. The van der Waals surface area contributed by atoms with Crippen LogP contribution in [0.1, 0.15) is 130 Å². The van der Waals surface area contributed by atoms with Crippen LogP contribution in [-0.2, 0) is 0 Å². The zero-order valence-corrected chi connectivity index (χ0v) is 23.2. The molecule has 0 aromatic carbocycles. The van der Waals surface area contributed by atoms with Gasteiger partial charge in [-0.1, -0.05) is 34.1 Å². The summed E-state index contributed by atoms with van der Waals surface area (Å²) in [4.78, 5) is 0. The maximum absolute atomic E-state index is 13.6. The van der Waals surface area contributed by atoms with Crippen LogP contribution in [0.3, 0.4) is 0 Å². The Hall–Kier alpha value is -0.290. The Morgan fingerprint density at radius 1 is 0.722 bits per heavy atom. The van der Waals surface area contributed by atoms with Crippen molar-refractivity contribution in [3.05, 3.63) is 0 Å². The lowest BCUT2D eigenvalue weighted by Crippen LogP contribution is -2.59. The molecule has 8 atom stereocenters. The molecule has 0 aromatic heterocycles. The van der Waals surface area contributed by atoms with Gasteiger partial charge in [-0.25, -0.2) is 0 Å². The second kappa shape index (κ2) is 8.86. The van der Waals surface area contributed by atoms with E-state index >= 15 is 0 Å². The van der Waals surface area contributed by atoms with Gasteiger partial charge in [0.2, 0.25) is 0 Å². The minimum Gasteiger partial charge on any atom is -0.390 e. The van der Waals surface area contributed by atoms with Crippen molar-refractivity contribution in [2.45, 2.75) is 148 Å². The largest absolute Gasteiger partial charge is 0.417 e. The van der Waals surface area contributed by atoms with Crippen LogP contribution >= 0.6 is 0 Å². The Balaban J connectivity index is 1.21. The first-order chi connectivity index (χ1) is 16.6. The third-order valence-electron chi connectivity index (χ3n) is 13.2. The molecule has 0 heterocycles. The number of rotatable bonds is 4. The van der Waals surface area contributed by atoms with E-state index in [-0.39, 0.29) is 24.2 Å². The predicted octanol–water partition coefficient (Wildman–Crippen LogP) is 8.44. The van der Waals surface area contributed by atoms with Gasteiger partial charge < -0.3 is 10.2 Å². The number of aliphatic hydroxyl groups is 2. The second-order valence-corrected chi connectivity index (χ2v) is 15.5. The number of hydrogen-bond acceptors (Lipinski definition) is 2. The number of fused-ring (bicyclic) bond motifs is 5. The molecule has 0 radical (unpaired) electrons. The third kappa shape index (κ3) is 4.48. The van der Waals surface area contributed by atoms with Gasteiger partial charge in [0.15, 0.2) is 5.60 Å². The Kier molecular flexibility index (Phi) is 6.72. The molecule has 5 heteroatoms. The zero-order chi connectivity index (χ0) is 26.2. The Labute approximate surface area is 217 Å². The summed E-state index contributed by atoms with van der Waals surface area (Å²) in [6.07, 6.45) is 9.96. The summed E-state index contributed by atoms with van der Waals surface area (Å²) in [6, 6.07) is 0. The highest BCUT2D eigenvalue weighted by Gasteiger charge is 2.65. The van der Waals surface area contributed by atoms with Crippen molar-refractivity contribution in [3.8, 4) is 0 Å². The van der Waals surface area contributed by atoms with E-state index in [0.717, 1.165) is 63.7 Å². The first-order valence-corrected chi connectivity index (χ1v) is 15.1. The van der Waals surface area contributed by atoms with E-state index in [1.54, 1.807) is 0 Å². The molecule has 5 rings (SSSR count). The van der Waals surface area contributed by atoms with Crippen molar-refractivity contribution < 1.29 is 23.4 Å². The molecule has 208 valence electrons. The molecule has 0 bridgehead atoms. The van der Waals surface area contributed by atoms with E-state index in [1.165, 1.54) is 25.7 Å². The van der Waals surface area contributed by atoms with Gasteiger partial charge in [-0.2, -0.15) is 13.2 Å². The zero-order valence-electron chi connectivity index (χ0n) is 23.2. The van der Waals surface area contributed by atoms with Crippen LogP contribution in [0.5, 0.6) is 0 Å². The van der Waals surface area contributed by atoms with Gasteiger partial charge in [0, 0.05) is 0 Å². The highest BCUT2D eigenvalue weighted by Crippen LogP contribution is 2.69. The van der Waals surface area contributed by atoms with E-state index in [2.05, 4.69) is 27.7 Å². The van der Waals surface area contributed by atoms with E-state index < -0.39 is 17.4 Å². The summed E-state index contributed by atoms with van der Waals surface area (Å²) in [6.45, 7) is 9.44. The molecule has 5 fully saturated rings. The molecule has 0 saturated heterocycles. The van der Waals surface area contributed by atoms with Crippen LogP contribution in [0, 0.1) is 45.8 Å². The minimum absolute atomic E-state index is 0.0121. The fourth-order valence-electron chi connectivity index (χ4n) is 10.4. The van der Waals surface area contributed by atoms with Crippen molar-refractivity contribution in [2.24, 2.45) is 45.8 Å². The number of halogens is 3. The smallest absolute Gasteiger partial charge is 0.390 e. The third-order valence-corrected chi connectivity index (χ3v) is 13.2. The van der Waals surface area contributed by atoms with Gasteiger partial charge in [-0.05, 0) is 142 Å². The maximum Gasteiger partial charge on any atom is 0.417 e. The summed E-state index contributed by atoms with van der Waals surface area (Å²) >= 11 is 0. The molecule has 5 aliphatic rings. The van der Waals surface area contributed by atoms with Crippen LogP contribution in [0.2, 0.25) is 0 Å². The first kappa shape index (κ1) is 27.3. The van der Waals surface area contributed by atoms with Crippen molar-refractivity contribution in [2.75, 3.05) is 0 Å². The molecule has 0 aromatic rings. The fraction of sp³-hybridized carbons (Fsp3) is 1.00. The monoisotopic (exact) mass is 512 g/mol. The average Bonchev–Trinajstić information content (AvgIpc) is 3.12. The summed E-state index contributed by atoms with van der Waals surface area (Å²) in [7, 11) is 0. The van der Waals surface area contributed by atoms with E-state index in [1.807, 2.05) is 0 Å². The van der Waals surface area contributed by atoms with Crippen molar-refractivity contribution in [1.82, 2.24) is 0 Å². The molecule has 0 aliphatic heterocycles. The van der Waals surface area contributed by atoms with Crippen molar-refractivity contribution >= 4 is 0 Å². The predicted molar refractivity (Wildman–Crippen MR) is 137 cm³/mol. The Bertz CT molecular complexity index is 813. The van der Waals surface area contributed by atoms with Crippen LogP contribution in [-0.4, -0.2) is 27.6 Å². The van der Waals surface area contributed by atoms with Gasteiger partial charge in [0.05, 0.1) is 5.60 Å². The average molecular weight is 513 g/mol. The minimum atomic E-state index is -4.52. The molecular weight excluding hydrogens is 461 g/mol. The van der Waals surface area contributed by atoms with E-state index in [4.69, 9.17) is 0 Å². The standard InChI is InChI=1S/C31H51F3O2/c1-26(2)14-17-29(35,18-15-26)12-5-6-21-8-10-24-23-9-7-22-20-30(36,31(32,33)34)19-16-28(22,4)25(23)11-13-27(21,24)3/h21-25,35-36H,5-20H2,1-4H3/t21-,22-,23-,24-,25?,27+,28-,30-/m0/s1. The van der Waals surface area contributed by atoms with Crippen LogP contribution in [0.25, 0.3) is 0 Å². The molecule has 5 aliphatic carbocycles. The summed E-state index contributed by atoms with van der Waals surface area (Å²) < 4.78 is 40.9. The molecule has 0 spiro atoms. The first-order valence-electron chi connectivity index (χ1n) is 15.1. The summed E-state index contributed by atoms with van der Waals surface area (Å²) in [5, 5.41) is 21.6. The fourth-order valence-corrected chi connectivity index (χ4v) is 10.4. The highest BCUT2D eigenvalue weighted by atomic mass is 19.4. The van der Waals surface area contributed by atoms with Crippen LogP contribution in [0.15, 0.2) is 0 Å². The number of hydrogen-bond donors (Lipinski definition) is 2. The van der Waals surface area contributed by atoms with Gasteiger partial charge in [-0.3, -0.25) is 0 Å². The highest BCUT2D eigenvalue weighted by molar-refractivity contribution is 5.11. The van der Waals surface area contributed by atoms with Gasteiger partial charge in [0.25, 0.3) is 0 Å². The SMILES string of the molecule is CC1(C)CCC(O)(CCC[C@H]2CC[C@H]3[C@@H]4CC[C@H]5C[C@](O)(C(F)(F)F)CC[C@]5(C)C4CC[C@]23C)CC1. The van der Waals surface area contributed by atoms with Crippen molar-refractivity contribution in [1.29, 1.82) is 0 Å². The summed E-state index contributed by atoms with van der Waals surface area (Å²) in [5.41, 5.74) is -2.28. The topological polar surface area (TPSA) is 40.5 Å². The Morgan fingerprint density at radius 3 is 2.06 bits per heavy atom. The molecule has 36 heavy (non-hydrogen) atoms. The second-order valence-electron chi connectivity index (χ2n) is 15.5. The van der Waals surface area contributed by atoms with E-state index in [9.17, 15) is 23.4 Å². The van der Waals surface area contributed by atoms with Gasteiger partial charge >= 0.3 is 6.18 Å². The summed E-state index contributed by atoms with van der Waals surface area (Å²) in [5.74, 6) is 2.55. The lowest BCUT2D eigenvalue weighted by atomic mass is 9.43. The maximum atomic E-state index is 13.6. The molecule has 2 nitrogen and oxygen atoms in total. The normalized spacial score (nSPS) is 48.1. The lowest BCUT2D eigenvalue weighted by Gasteiger charge is -2.62. The molecular formula is C31H51F3O2. The van der Waals surface area contributed by atoms with E-state index in [0.29, 0.717) is 35.0 Å². The lowest BCUT2D eigenvalue weighted by molar-refractivity contribution is -0.290. The van der Waals surface area contributed by atoms with Gasteiger partial charge in [-0.15, -0.1) is 0 Å². The molecule has 2 N–H and O–H groups in total. The van der Waals surface area contributed by atoms with Crippen LogP contribution in [0.4, 0.5) is 13.2 Å². The van der Waals surface area contributed by atoms with Crippen LogP contribution < -0.4 is 0 Å². The number of alkyl halides is 3. The van der Waals surface area contributed by atoms with Gasteiger partial charge in [0.1, 0.15) is 0 Å². The molecule has 1 unspecified atom stereocenters. The quantitative estimate of drug-likeness (QED) is 0.397. The van der Waals surface area contributed by atoms with Crippen molar-refractivity contribution in [3.63, 3.8) is 0 Å². The molecule has 5 saturated carbocycles. The molecule has 0 amide bonds.